The zero-order chi connectivity index (χ0) is 10.7. The van der Waals surface area contributed by atoms with Crippen molar-refractivity contribution < 1.29 is 4.39 Å². The summed E-state index contributed by atoms with van der Waals surface area (Å²) >= 11 is 5.91. The van der Waals surface area contributed by atoms with Crippen LogP contribution in [0.2, 0.25) is 5.02 Å². The summed E-state index contributed by atoms with van der Waals surface area (Å²) in [5.74, 6) is -0.265. The molecule has 78 valence electrons. The molecule has 1 atom stereocenters. The van der Waals surface area contributed by atoms with Gasteiger partial charge in [0, 0.05) is 16.6 Å². The summed E-state index contributed by atoms with van der Waals surface area (Å²) in [7, 11) is 0. The van der Waals surface area contributed by atoms with Gasteiger partial charge >= 0.3 is 0 Å². The van der Waals surface area contributed by atoms with Crippen LogP contribution in [0.25, 0.3) is 0 Å². The predicted octanol–water partition coefficient (Wildman–Crippen LogP) is 3.59. The summed E-state index contributed by atoms with van der Waals surface area (Å²) < 4.78 is 13.7. The fraction of sp³-hybridized carbons (Fsp3) is 0.455. The maximum atomic E-state index is 13.7. The molecule has 1 rings (SSSR count). The van der Waals surface area contributed by atoms with Crippen molar-refractivity contribution in [1.29, 1.82) is 0 Å². The molecular weight excluding hydrogens is 201 g/mol. The third kappa shape index (κ3) is 2.25. The van der Waals surface area contributed by atoms with Gasteiger partial charge in [-0.25, -0.2) is 4.39 Å². The van der Waals surface area contributed by atoms with E-state index in [0.29, 0.717) is 16.1 Å². The number of rotatable bonds is 3. The molecule has 0 unspecified atom stereocenters. The first-order valence-electron chi connectivity index (χ1n) is 4.78. The summed E-state index contributed by atoms with van der Waals surface area (Å²) in [6.45, 7) is 3.73. The van der Waals surface area contributed by atoms with Gasteiger partial charge in [-0.1, -0.05) is 31.0 Å². The van der Waals surface area contributed by atoms with Crippen LogP contribution in [0.5, 0.6) is 0 Å². The molecule has 14 heavy (non-hydrogen) atoms. The van der Waals surface area contributed by atoms with E-state index in [0.717, 1.165) is 12.8 Å². The highest BCUT2D eigenvalue weighted by atomic mass is 35.5. The maximum absolute atomic E-state index is 13.7. The number of hydrogen-bond acceptors (Lipinski definition) is 1. The second kappa shape index (κ2) is 4.76. The Morgan fingerprint density at radius 1 is 1.50 bits per heavy atom. The molecule has 0 aliphatic rings. The van der Waals surface area contributed by atoms with Gasteiger partial charge in [-0.05, 0) is 25.0 Å². The van der Waals surface area contributed by atoms with E-state index in [1.807, 2.05) is 6.92 Å². The van der Waals surface area contributed by atoms with Crippen LogP contribution >= 0.6 is 11.6 Å². The van der Waals surface area contributed by atoms with Crippen LogP contribution < -0.4 is 5.73 Å². The molecule has 0 amide bonds. The van der Waals surface area contributed by atoms with Gasteiger partial charge in [0.25, 0.3) is 0 Å². The van der Waals surface area contributed by atoms with E-state index in [9.17, 15) is 4.39 Å². The van der Waals surface area contributed by atoms with Crippen LogP contribution in [0.1, 0.15) is 36.9 Å². The van der Waals surface area contributed by atoms with E-state index < -0.39 is 0 Å². The molecular formula is C11H15ClFN. The van der Waals surface area contributed by atoms with Crippen molar-refractivity contribution in [1.82, 2.24) is 0 Å². The fourth-order valence-corrected chi connectivity index (χ4v) is 1.76. The molecule has 1 nitrogen and oxygen atoms in total. The minimum Gasteiger partial charge on any atom is -0.324 e. The number of halogens is 2. The minimum atomic E-state index is -0.299. The number of hydrogen-bond donors (Lipinski definition) is 1. The lowest BCUT2D eigenvalue weighted by Crippen LogP contribution is -2.13. The first kappa shape index (κ1) is 11.5. The van der Waals surface area contributed by atoms with E-state index >= 15 is 0 Å². The standard InChI is InChI=1S/C11H15ClFN/c1-3-4-9(14)10-8(12)6-5-7(2)11(10)13/h5-6,9H,3-4,14H2,1-2H3/t9-/m1/s1. The monoisotopic (exact) mass is 215 g/mol. The molecule has 0 aromatic heterocycles. The van der Waals surface area contributed by atoms with Crippen LogP contribution in [0, 0.1) is 12.7 Å². The summed E-state index contributed by atoms with van der Waals surface area (Å²) in [6.07, 6.45) is 1.67. The average Bonchev–Trinajstić information content (AvgIpc) is 2.13. The molecule has 0 radical (unpaired) electrons. The third-order valence-electron chi connectivity index (χ3n) is 2.29. The Bertz CT molecular complexity index is 325. The first-order chi connectivity index (χ1) is 6.57. The molecule has 0 heterocycles. The molecule has 0 fully saturated rings. The quantitative estimate of drug-likeness (QED) is 0.820. The second-order valence-corrected chi connectivity index (χ2v) is 3.89. The smallest absolute Gasteiger partial charge is 0.132 e. The maximum Gasteiger partial charge on any atom is 0.132 e. The lowest BCUT2D eigenvalue weighted by atomic mass is 10.0. The van der Waals surface area contributed by atoms with Gasteiger partial charge in [0.15, 0.2) is 0 Å². The zero-order valence-electron chi connectivity index (χ0n) is 8.48. The van der Waals surface area contributed by atoms with Crippen molar-refractivity contribution in [2.45, 2.75) is 32.7 Å². The van der Waals surface area contributed by atoms with Gasteiger partial charge < -0.3 is 5.73 Å². The number of benzene rings is 1. The largest absolute Gasteiger partial charge is 0.324 e. The summed E-state index contributed by atoms with van der Waals surface area (Å²) in [4.78, 5) is 0. The number of nitrogens with two attached hydrogens (primary N) is 1. The molecule has 0 aliphatic heterocycles. The molecule has 0 saturated carbocycles. The second-order valence-electron chi connectivity index (χ2n) is 3.49. The molecule has 1 aromatic carbocycles. The normalized spacial score (nSPS) is 12.9. The molecule has 2 N–H and O–H groups in total. The van der Waals surface area contributed by atoms with Crippen molar-refractivity contribution in [3.05, 3.63) is 34.1 Å². The van der Waals surface area contributed by atoms with Gasteiger partial charge in [-0.2, -0.15) is 0 Å². The Morgan fingerprint density at radius 2 is 2.14 bits per heavy atom. The van der Waals surface area contributed by atoms with Crippen molar-refractivity contribution in [3.8, 4) is 0 Å². The Morgan fingerprint density at radius 3 is 2.71 bits per heavy atom. The highest BCUT2D eigenvalue weighted by Crippen LogP contribution is 2.28. The van der Waals surface area contributed by atoms with E-state index in [4.69, 9.17) is 17.3 Å². The van der Waals surface area contributed by atoms with Crippen LogP contribution in [-0.4, -0.2) is 0 Å². The topological polar surface area (TPSA) is 26.0 Å². The highest BCUT2D eigenvalue weighted by molar-refractivity contribution is 6.31. The van der Waals surface area contributed by atoms with E-state index in [1.54, 1.807) is 19.1 Å². The van der Waals surface area contributed by atoms with Crippen molar-refractivity contribution in [3.63, 3.8) is 0 Å². The Labute approximate surface area is 89.1 Å². The third-order valence-corrected chi connectivity index (χ3v) is 2.62. The summed E-state index contributed by atoms with van der Waals surface area (Å²) in [6, 6.07) is 3.07. The molecule has 3 heteroatoms. The molecule has 0 spiro atoms. The van der Waals surface area contributed by atoms with Crippen molar-refractivity contribution >= 4 is 11.6 Å². The fourth-order valence-electron chi connectivity index (χ4n) is 1.47. The lowest BCUT2D eigenvalue weighted by Gasteiger charge is -2.14. The lowest BCUT2D eigenvalue weighted by molar-refractivity contribution is 0.554. The predicted molar refractivity (Wildman–Crippen MR) is 58.0 cm³/mol. The molecule has 0 saturated heterocycles. The van der Waals surface area contributed by atoms with Gasteiger partial charge in [-0.3, -0.25) is 0 Å². The van der Waals surface area contributed by atoms with Crippen LogP contribution in [-0.2, 0) is 0 Å². The number of aryl methyl sites for hydroxylation is 1. The highest BCUT2D eigenvalue weighted by Gasteiger charge is 2.16. The zero-order valence-corrected chi connectivity index (χ0v) is 9.24. The van der Waals surface area contributed by atoms with Crippen molar-refractivity contribution in [2.75, 3.05) is 0 Å². The van der Waals surface area contributed by atoms with Crippen LogP contribution in [0.4, 0.5) is 4.39 Å². The molecule has 1 aromatic rings. The van der Waals surface area contributed by atoms with Crippen molar-refractivity contribution in [2.24, 2.45) is 5.73 Å². The molecule has 0 aliphatic carbocycles. The first-order valence-corrected chi connectivity index (χ1v) is 5.15. The van der Waals surface area contributed by atoms with Gasteiger partial charge in [0.1, 0.15) is 5.82 Å². The summed E-state index contributed by atoms with van der Waals surface area (Å²) in [5, 5.41) is 0.425. The Balaban J connectivity index is 3.11. The van der Waals surface area contributed by atoms with E-state index in [1.165, 1.54) is 0 Å². The minimum absolute atomic E-state index is 0.265. The summed E-state index contributed by atoms with van der Waals surface area (Å²) in [5.41, 5.74) is 6.90. The van der Waals surface area contributed by atoms with E-state index in [2.05, 4.69) is 0 Å². The average molecular weight is 216 g/mol. The van der Waals surface area contributed by atoms with Crippen LogP contribution in [0.15, 0.2) is 12.1 Å². The van der Waals surface area contributed by atoms with Crippen LogP contribution in [0.3, 0.4) is 0 Å². The Hall–Kier alpha value is -0.600. The van der Waals surface area contributed by atoms with E-state index in [-0.39, 0.29) is 11.9 Å². The van der Waals surface area contributed by atoms with Gasteiger partial charge in [0.2, 0.25) is 0 Å². The molecule has 0 bridgehead atoms. The van der Waals surface area contributed by atoms with Gasteiger partial charge in [-0.15, -0.1) is 0 Å². The SMILES string of the molecule is CCC[C@@H](N)c1c(Cl)ccc(C)c1F. The Kier molecular flexibility index (Phi) is 3.90. The van der Waals surface area contributed by atoms with Gasteiger partial charge in [0.05, 0.1) is 0 Å².